The molecule has 0 saturated carbocycles. The van der Waals surface area contributed by atoms with Crippen molar-refractivity contribution in [2.45, 2.75) is 37.0 Å². The quantitative estimate of drug-likeness (QED) is 0.302. The molecule has 0 saturated heterocycles. The first-order chi connectivity index (χ1) is 15.3. The molecule has 0 aliphatic carbocycles. The standard InChI is InChI=1S/C24H29NO6S2/c1-19-13-14-22(33(29,30)31)18-23(19)24(3,15-9-17-32(26,27)28)20(2)10-7-8-16-25-21-11-5-4-6-12-21/h4-8,10-14,16,18,25H,2,9,15,17H2,1,3H3,(H,26,27,28)(H,29,30,31)/b10-7+,16-8+. The predicted molar refractivity (Wildman–Crippen MR) is 131 cm³/mol. The second-order valence-corrected chi connectivity index (χ2v) is 10.9. The van der Waals surface area contributed by atoms with Gasteiger partial charge < -0.3 is 5.32 Å². The van der Waals surface area contributed by atoms with Gasteiger partial charge in [0.15, 0.2) is 0 Å². The highest BCUT2D eigenvalue weighted by Crippen LogP contribution is 2.39. The zero-order valence-corrected chi connectivity index (χ0v) is 20.2. The summed E-state index contributed by atoms with van der Waals surface area (Å²) in [5.41, 5.74) is 2.03. The van der Waals surface area contributed by atoms with E-state index in [1.54, 1.807) is 37.4 Å². The second kappa shape index (κ2) is 10.9. The van der Waals surface area contributed by atoms with Crippen molar-refractivity contribution in [1.29, 1.82) is 0 Å². The SMILES string of the molecule is C=C(/C=C/C=C/Nc1ccccc1)C(C)(CCCS(=O)(=O)O)c1cc(S(=O)(=O)O)ccc1C. The van der Waals surface area contributed by atoms with Crippen LogP contribution >= 0.6 is 0 Å². The van der Waals surface area contributed by atoms with E-state index in [-0.39, 0.29) is 17.7 Å². The molecule has 2 rings (SSSR count). The molecular formula is C24H29NO6S2. The van der Waals surface area contributed by atoms with Gasteiger partial charge in [0.2, 0.25) is 0 Å². The van der Waals surface area contributed by atoms with Crippen LogP contribution in [-0.4, -0.2) is 31.7 Å². The molecule has 2 aromatic rings. The van der Waals surface area contributed by atoms with E-state index >= 15 is 0 Å². The van der Waals surface area contributed by atoms with Crippen molar-refractivity contribution in [3.63, 3.8) is 0 Å². The number of allylic oxidation sites excluding steroid dienone is 4. The van der Waals surface area contributed by atoms with E-state index < -0.39 is 31.4 Å². The summed E-state index contributed by atoms with van der Waals surface area (Å²) < 4.78 is 64.5. The first kappa shape index (κ1) is 26.5. The maximum Gasteiger partial charge on any atom is 0.294 e. The van der Waals surface area contributed by atoms with E-state index in [2.05, 4.69) is 11.9 Å². The number of nitrogens with one attached hydrogen (secondary N) is 1. The van der Waals surface area contributed by atoms with Gasteiger partial charge in [-0.15, -0.1) is 0 Å². The number of benzene rings is 2. The third-order valence-electron chi connectivity index (χ3n) is 5.42. The van der Waals surface area contributed by atoms with Crippen LogP contribution in [0.5, 0.6) is 0 Å². The summed E-state index contributed by atoms with van der Waals surface area (Å²) in [5, 5.41) is 3.12. The number of para-hydroxylation sites is 1. The van der Waals surface area contributed by atoms with Gasteiger partial charge in [-0.2, -0.15) is 16.8 Å². The largest absolute Gasteiger partial charge is 0.362 e. The molecule has 33 heavy (non-hydrogen) atoms. The Balaban J connectivity index is 2.33. The molecule has 9 heteroatoms. The molecule has 1 unspecified atom stereocenters. The highest BCUT2D eigenvalue weighted by molar-refractivity contribution is 7.86. The Kier molecular flexibility index (Phi) is 8.79. The highest BCUT2D eigenvalue weighted by Gasteiger charge is 2.31. The van der Waals surface area contributed by atoms with Gasteiger partial charge in [-0.25, -0.2) is 0 Å². The lowest BCUT2D eigenvalue weighted by atomic mass is 9.71. The summed E-state index contributed by atoms with van der Waals surface area (Å²) in [6.45, 7) is 7.76. The molecule has 0 heterocycles. The van der Waals surface area contributed by atoms with Crippen molar-refractivity contribution in [2.24, 2.45) is 0 Å². The molecular weight excluding hydrogens is 462 g/mol. The van der Waals surface area contributed by atoms with Crippen LogP contribution in [0.3, 0.4) is 0 Å². The molecule has 0 spiro atoms. The molecule has 0 aliphatic heterocycles. The maximum atomic E-state index is 11.7. The average Bonchev–Trinajstić information content (AvgIpc) is 2.72. The molecule has 0 fully saturated rings. The van der Waals surface area contributed by atoms with Crippen molar-refractivity contribution < 1.29 is 25.9 Å². The van der Waals surface area contributed by atoms with Gasteiger partial charge >= 0.3 is 0 Å². The highest BCUT2D eigenvalue weighted by atomic mass is 32.2. The Labute approximate surface area is 196 Å². The molecule has 7 nitrogen and oxygen atoms in total. The van der Waals surface area contributed by atoms with Gasteiger partial charge in [0, 0.05) is 17.3 Å². The summed E-state index contributed by atoms with van der Waals surface area (Å²) in [7, 11) is -8.58. The molecule has 178 valence electrons. The van der Waals surface area contributed by atoms with E-state index in [0.29, 0.717) is 11.1 Å². The van der Waals surface area contributed by atoms with E-state index in [9.17, 15) is 21.4 Å². The molecule has 0 aromatic heterocycles. The van der Waals surface area contributed by atoms with Gasteiger partial charge in [-0.1, -0.05) is 49.9 Å². The fourth-order valence-electron chi connectivity index (χ4n) is 3.52. The van der Waals surface area contributed by atoms with Crippen molar-refractivity contribution in [2.75, 3.05) is 11.1 Å². The maximum absolute atomic E-state index is 11.7. The first-order valence-corrected chi connectivity index (χ1v) is 13.3. The van der Waals surface area contributed by atoms with Gasteiger partial charge in [0.1, 0.15) is 0 Å². The average molecular weight is 492 g/mol. The minimum Gasteiger partial charge on any atom is -0.362 e. The van der Waals surface area contributed by atoms with Crippen LogP contribution in [0, 0.1) is 6.92 Å². The number of aryl methyl sites for hydroxylation is 1. The Hall–Kier alpha value is -2.72. The smallest absolute Gasteiger partial charge is 0.294 e. The van der Waals surface area contributed by atoms with Crippen molar-refractivity contribution in [3.05, 3.63) is 96.2 Å². The summed E-state index contributed by atoms with van der Waals surface area (Å²) in [5.74, 6) is -0.433. The van der Waals surface area contributed by atoms with E-state index in [0.717, 1.165) is 11.3 Å². The molecule has 0 radical (unpaired) electrons. The van der Waals surface area contributed by atoms with E-state index in [4.69, 9.17) is 4.55 Å². The number of rotatable bonds is 11. The molecule has 3 N–H and O–H groups in total. The molecule has 0 bridgehead atoms. The van der Waals surface area contributed by atoms with Crippen molar-refractivity contribution >= 4 is 25.9 Å². The monoisotopic (exact) mass is 491 g/mol. The van der Waals surface area contributed by atoms with E-state index in [1.807, 2.05) is 37.3 Å². The normalized spacial score (nSPS) is 14.4. The van der Waals surface area contributed by atoms with Crippen LogP contribution in [-0.2, 0) is 25.7 Å². The fourth-order valence-corrected chi connectivity index (χ4v) is 4.54. The Morgan fingerprint density at radius 1 is 1.06 bits per heavy atom. The lowest BCUT2D eigenvalue weighted by Gasteiger charge is -2.33. The van der Waals surface area contributed by atoms with Gasteiger partial charge in [0.25, 0.3) is 20.2 Å². The predicted octanol–water partition coefficient (Wildman–Crippen LogP) is 4.91. The molecule has 1 atom stereocenters. The lowest BCUT2D eigenvalue weighted by Crippen LogP contribution is -2.26. The molecule has 0 aliphatic rings. The Bertz CT molecular complexity index is 1250. The number of anilines is 1. The third-order valence-corrected chi connectivity index (χ3v) is 7.07. The summed E-state index contributed by atoms with van der Waals surface area (Å²) in [4.78, 5) is -0.257. The van der Waals surface area contributed by atoms with Crippen LogP contribution in [0.2, 0.25) is 0 Å². The fraction of sp³-hybridized carbons (Fsp3) is 0.250. The summed E-state index contributed by atoms with van der Waals surface area (Å²) in [6, 6.07) is 13.9. The van der Waals surface area contributed by atoms with Crippen LogP contribution < -0.4 is 5.32 Å². The van der Waals surface area contributed by atoms with E-state index in [1.165, 1.54) is 12.1 Å². The zero-order chi connectivity index (χ0) is 24.7. The molecule has 0 amide bonds. The van der Waals surface area contributed by atoms with Crippen LogP contribution in [0.1, 0.15) is 30.9 Å². The summed E-state index contributed by atoms with van der Waals surface area (Å²) >= 11 is 0. The van der Waals surface area contributed by atoms with Crippen molar-refractivity contribution in [3.8, 4) is 0 Å². The summed E-state index contributed by atoms with van der Waals surface area (Å²) in [6.07, 6.45) is 7.45. The lowest BCUT2D eigenvalue weighted by molar-refractivity contribution is 0.466. The topological polar surface area (TPSA) is 121 Å². The van der Waals surface area contributed by atoms with Crippen LogP contribution in [0.4, 0.5) is 5.69 Å². The Morgan fingerprint density at radius 2 is 1.73 bits per heavy atom. The Morgan fingerprint density at radius 3 is 2.33 bits per heavy atom. The van der Waals surface area contributed by atoms with Crippen LogP contribution in [0.15, 0.2) is 90.0 Å². The number of hydrogen-bond acceptors (Lipinski definition) is 5. The van der Waals surface area contributed by atoms with Crippen molar-refractivity contribution in [1.82, 2.24) is 0 Å². The third kappa shape index (κ3) is 7.97. The second-order valence-electron chi connectivity index (χ2n) is 7.93. The molecule has 2 aromatic carbocycles. The first-order valence-electron chi connectivity index (χ1n) is 10.2. The minimum absolute atomic E-state index is 0.128. The minimum atomic E-state index is -4.43. The van der Waals surface area contributed by atoms with Gasteiger partial charge in [0.05, 0.1) is 10.6 Å². The van der Waals surface area contributed by atoms with Gasteiger partial charge in [-0.05, 0) is 66.8 Å². The number of hydrogen-bond donors (Lipinski definition) is 3. The zero-order valence-electron chi connectivity index (χ0n) is 18.6. The van der Waals surface area contributed by atoms with Crippen LogP contribution in [0.25, 0.3) is 0 Å². The van der Waals surface area contributed by atoms with Gasteiger partial charge in [-0.3, -0.25) is 9.11 Å².